The first-order valence-corrected chi connectivity index (χ1v) is 6.16. The summed E-state index contributed by atoms with van der Waals surface area (Å²) in [5.74, 6) is -0.000626. The van der Waals surface area contributed by atoms with Gasteiger partial charge in [-0.3, -0.25) is 9.89 Å². The Kier molecular flexibility index (Phi) is 3.97. The minimum Gasteiger partial charge on any atom is -0.349 e. The van der Waals surface area contributed by atoms with Gasteiger partial charge in [0.25, 0.3) is 5.91 Å². The Morgan fingerprint density at radius 1 is 1.25 bits per heavy atom. The summed E-state index contributed by atoms with van der Waals surface area (Å²) in [6.45, 7) is 0. The van der Waals surface area contributed by atoms with Gasteiger partial charge < -0.3 is 5.32 Å². The van der Waals surface area contributed by atoms with Gasteiger partial charge in [0.1, 0.15) is 0 Å². The lowest BCUT2D eigenvalue weighted by molar-refractivity contribution is 0.0930. The number of hydrogen-bond donors (Lipinski definition) is 2. The summed E-state index contributed by atoms with van der Waals surface area (Å²) in [4.78, 5) is 11.8. The van der Waals surface area contributed by atoms with Gasteiger partial charge in [-0.25, -0.2) is 0 Å². The third kappa shape index (κ3) is 3.08. The van der Waals surface area contributed by atoms with Gasteiger partial charge in [-0.15, -0.1) is 0 Å². The van der Waals surface area contributed by atoms with Gasteiger partial charge in [0.15, 0.2) is 0 Å². The van der Waals surface area contributed by atoms with Crippen molar-refractivity contribution in [3.05, 3.63) is 18.0 Å². The van der Waals surface area contributed by atoms with Crippen LogP contribution in [-0.2, 0) is 0 Å². The molecule has 0 unspecified atom stereocenters. The van der Waals surface area contributed by atoms with Crippen molar-refractivity contribution in [2.75, 3.05) is 0 Å². The van der Waals surface area contributed by atoms with Gasteiger partial charge >= 0.3 is 0 Å². The molecule has 0 saturated heterocycles. The molecule has 0 spiro atoms. The summed E-state index contributed by atoms with van der Waals surface area (Å²) in [5, 5.41) is 9.53. The Bertz CT molecular complexity index is 313. The molecule has 1 aliphatic carbocycles. The number of aromatic amines is 1. The summed E-state index contributed by atoms with van der Waals surface area (Å²) in [5.41, 5.74) is 0.627. The Balaban J connectivity index is 1.85. The SMILES string of the molecule is O=C(NC1CCCCCCC1)c1cn[nH]c1. The van der Waals surface area contributed by atoms with E-state index >= 15 is 0 Å². The summed E-state index contributed by atoms with van der Waals surface area (Å²) >= 11 is 0. The van der Waals surface area contributed by atoms with Crippen LogP contribution in [0.1, 0.15) is 55.3 Å². The Hall–Kier alpha value is -1.32. The molecular weight excluding hydrogens is 202 g/mol. The van der Waals surface area contributed by atoms with E-state index in [0.717, 1.165) is 12.8 Å². The van der Waals surface area contributed by atoms with E-state index < -0.39 is 0 Å². The van der Waals surface area contributed by atoms with E-state index in [1.807, 2.05) is 0 Å². The second kappa shape index (κ2) is 5.68. The first-order chi connectivity index (χ1) is 7.86. The van der Waals surface area contributed by atoms with E-state index in [4.69, 9.17) is 0 Å². The number of aromatic nitrogens is 2. The van der Waals surface area contributed by atoms with Crippen molar-refractivity contribution < 1.29 is 4.79 Å². The van der Waals surface area contributed by atoms with E-state index in [-0.39, 0.29) is 5.91 Å². The van der Waals surface area contributed by atoms with Gasteiger partial charge in [-0.1, -0.05) is 32.1 Å². The van der Waals surface area contributed by atoms with E-state index in [1.54, 1.807) is 12.4 Å². The molecule has 1 aromatic heterocycles. The van der Waals surface area contributed by atoms with Crippen molar-refractivity contribution in [3.8, 4) is 0 Å². The topological polar surface area (TPSA) is 57.8 Å². The lowest BCUT2D eigenvalue weighted by atomic mass is 9.96. The Morgan fingerprint density at radius 2 is 1.94 bits per heavy atom. The van der Waals surface area contributed by atoms with Gasteiger partial charge in [0.05, 0.1) is 11.8 Å². The largest absolute Gasteiger partial charge is 0.349 e. The molecule has 0 radical (unpaired) electrons. The average Bonchev–Trinajstić information content (AvgIpc) is 2.74. The van der Waals surface area contributed by atoms with Crippen LogP contribution in [0.3, 0.4) is 0 Å². The van der Waals surface area contributed by atoms with Crippen molar-refractivity contribution >= 4 is 5.91 Å². The molecule has 0 aliphatic heterocycles. The van der Waals surface area contributed by atoms with Gasteiger partial charge in [0.2, 0.25) is 0 Å². The zero-order valence-electron chi connectivity index (χ0n) is 9.54. The van der Waals surface area contributed by atoms with Crippen molar-refractivity contribution in [3.63, 3.8) is 0 Å². The molecule has 1 saturated carbocycles. The molecule has 2 N–H and O–H groups in total. The standard InChI is InChI=1S/C12H19N3O/c16-12(10-8-13-14-9-10)15-11-6-4-2-1-3-5-7-11/h8-9,11H,1-7H2,(H,13,14)(H,15,16). The Morgan fingerprint density at radius 3 is 2.56 bits per heavy atom. The minimum absolute atomic E-state index is 0.000626. The number of rotatable bonds is 2. The van der Waals surface area contributed by atoms with Crippen LogP contribution >= 0.6 is 0 Å². The van der Waals surface area contributed by atoms with Crippen molar-refractivity contribution in [2.24, 2.45) is 0 Å². The Labute approximate surface area is 95.8 Å². The number of hydrogen-bond acceptors (Lipinski definition) is 2. The molecule has 1 heterocycles. The molecule has 1 amide bonds. The number of carbonyl (C=O) groups excluding carboxylic acids is 1. The van der Waals surface area contributed by atoms with Crippen LogP contribution < -0.4 is 5.32 Å². The quantitative estimate of drug-likeness (QED) is 0.804. The molecule has 1 aliphatic rings. The fourth-order valence-electron chi connectivity index (χ4n) is 2.24. The van der Waals surface area contributed by atoms with E-state index in [9.17, 15) is 4.79 Å². The molecule has 4 heteroatoms. The van der Waals surface area contributed by atoms with E-state index in [2.05, 4.69) is 15.5 Å². The highest BCUT2D eigenvalue weighted by Gasteiger charge is 2.15. The number of carbonyl (C=O) groups is 1. The highest BCUT2D eigenvalue weighted by molar-refractivity contribution is 5.93. The zero-order valence-corrected chi connectivity index (χ0v) is 9.54. The van der Waals surface area contributed by atoms with E-state index in [1.165, 1.54) is 32.1 Å². The maximum absolute atomic E-state index is 11.8. The lowest BCUT2D eigenvalue weighted by Gasteiger charge is -2.20. The molecule has 1 fully saturated rings. The number of nitrogens with one attached hydrogen (secondary N) is 2. The zero-order chi connectivity index (χ0) is 11.2. The van der Waals surface area contributed by atoms with Crippen LogP contribution in [-0.4, -0.2) is 22.1 Å². The highest BCUT2D eigenvalue weighted by Crippen LogP contribution is 2.17. The molecule has 16 heavy (non-hydrogen) atoms. The van der Waals surface area contributed by atoms with Crippen LogP contribution in [0.25, 0.3) is 0 Å². The number of nitrogens with zero attached hydrogens (tertiary/aromatic N) is 1. The molecule has 0 aromatic carbocycles. The fourth-order valence-corrected chi connectivity index (χ4v) is 2.24. The molecule has 0 bridgehead atoms. The second-order valence-electron chi connectivity index (χ2n) is 4.50. The third-order valence-corrected chi connectivity index (χ3v) is 3.20. The molecule has 4 nitrogen and oxygen atoms in total. The maximum atomic E-state index is 11.8. The summed E-state index contributed by atoms with van der Waals surface area (Å²) < 4.78 is 0. The number of amides is 1. The van der Waals surface area contributed by atoms with Crippen LogP contribution in [0.15, 0.2) is 12.4 Å². The summed E-state index contributed by atoms with van der Waals surface area (Å²) in [6.07, 6.45) is 11.9. The van der Waals surface area contributed by atoms with Crippen LogP contribution in [0.4, 0.5) is 0 Å². The predicted octanol–water partition coefficient (Wildman–Crippen LogP) is 2.25. The van der Waals surface area contributed by atoms with Crippen molar-refractivity contribution in [1.29, 1.82) is 0 Å². The normalized spacial score (nSPS) is 18.8. The lowest BCUT2D eigenvalue weighted by Crippen LogP contribution is -2.35. The van der Waals surface area contributed by atoms with Crippen LogP contribution in [0, 0.1) is 0 Å². The summed E-state index contributed by atoms with van der Waals surface area (Å²) in [6, 6.07) is 0.350. The van der Waals surface area contributed by atoms with E-state index in [0.29, 0.717) is 11.6 Å². The minimum atomic E-state index is -0.000626. The monoisotopic (exact) mass is 221 g/mol. The second-order valence-corrected chi connectivity index (χ2v) is 4.50. The van der Waals surface area contributed by atoms with Crippen LogP contribution in [0.5, 0.6) is 0 Å². The van der Waals surface area contributed by atoms with Gasteiger partial charge in [-0.2, -0.15) is 5.10 Å². The van der Waals surface area contributed by atoms with Gasteiger partial charge in [-0.05, 0) is 12.8 Å². The fraction of sp³-hybridized carbons (Fsp3) is 0.667. The average molecular weight is 221 g/mol. The van der Waals surface area contributed by atoms with Crippen LogP contribution in [0.2, 0.25) is 0 Å². The molecule has 88 valence electrons. The molecule has 0 atom stereocenters. The predicted molar refractivity (Wildman–Crippen MR) is 62.2 cm³/mol. The smallest absolute Gasteiger partial charge is 0.254 e. The first-order valence-electron chi connectivity index (χ1n) is 6.16. The molecule has 1 aromatic rings. The van der Waals surface area contributed by atoms with Crippen molar-refractivity contribution in [2.45, 2.75) is 51.0 Å². The molecular formula is C12H19N3O. The highest BCUT2D eigenvalue weighted by atomic mass is 16.1. The number of H-pyrrole nitrogens is 1. The third-order valence-electron chi connectivity index (χ3n) is 3.20. The van der Waals surface area contributed by atoms with Gasteiger partial charge in [0, 0.05) is 12.2 Å². The van der Waals surface area contributed by atoms with Crippen molar-refractivity contribution in [1.82, 2.24) is 15.5 Å². The molecule has 2 rings (SSSR count). The maximum Gasteiger partial charge on any atom is 0.254 e. The summed E-state index contributed by atoms with van der Waals surface area (Å²) in [7, 11) is 0. The first kappa shape index (κ1) is 11.2.